The van der Waals surface area contributed by atoms with Crippen molar-refractivity contribution >= 4 is 48.9 Å². The lowest BCUT2D eigenvalue weighted by Crippen LogP contribution is -2.32. The number of anilines is 2. The molecule has 1 aromatic heterocycles. The lowest BCUT2D eigenvalue weighted by molar-refractivity contribution is -0.122. The molecule has 31 heavy (non-hydrogen) atoms. The van der Waals surface area contributed by atoms with Gasteiger partial charge in [-0.15, -0.1) is 0 Å². The number of thiazole rings is 1. The van der Waals surface area contributed by atoms with Crippen molar-refractivity contribution in [2.24, 2.45) is 0 Å². The number of nitrogens with zero attached hydrogens (tertiary/aromatic N) is 2. The highest BCUT2D eigenvalue weighted by molar-refractivity contribution is 7.92. The second kappa shape index (κ2) is 9.11. The van der Waals surface area contributed by atoms with Crippen LogP contribution >= 0.6 is 11.3 Å². The van der Waals surface area contributed by atoms with E-state index in [-0.39, 0.29) is 10.8 Å². The topological polar surface area (TPSA) is 97.7 Å². The summed E-state index contributed by atoms with van der Waals surface area (Å²) in [4.78, 5) is 24.7. The highest BCUT2D eigenvalue weighted by Gasteiger charge is 2.20. The molecular weight excluding hydrogens is 438 g/mol. The van der Waals surface area contributed by atoms with Crippen LogP contribution in [0.2, 0.25) is 0 Å². The lowest BCUT2D eigenvalue weighted by Gasteiger charge is -2.19. The van der Waals surface area contributed by atoms with Gasteiger partial charge in [-0.3, -0.25) is 18.5 Å². The van der Waals surface area contributed by atoms with Gasteiger partial charge >= 0.3 is 4.87 Å². The minimum Gasteiger partial charge on any atom is -0.481 e. The Bertz CT molecular complexity index is 1250. The van der Waals surface area contributed by atoms with Crippen LogP contribution in [0.1, 0.15) is 20.3 Å². The molecule has 0 aliphatic carbocycles. The quantitative estimate of drug-likeness (QED) is 0.553. The molecule has 1 N–H and O–H groups in total. The van der Waals surface area contributed by atoms with Crippen LogP contribution in [0.4, 0.5) is 11.4 Å². The number of hydrogen-bond acceptors (Lipinski definition) is 6. The minimum absolute atomic E-state index is 0.0271. The Labute approximate surface area is 185 Å². The van der Waals surface area contributed by atoms with Crippen LogP contribution in [0.5, 0.6) is 5.75 Å². The molecule has 10 heteroatoms. The first-order chi connectivity index (χ1) is 14.6. The number of fused-ring (bicyclic) bond motifs is 1. The van der Waals surface area contributed by atoms with E-state index < -0.39 is 16.1 Å². The fraction of sp³-hybridized carbons (Fsp3) is 0.333. The van der Waals surface area contributed by atoms with Gasteiger partial charge in [-0.05, 0) is 55.8 Å². The van der Waals surface area contributed by atoms with Gasteiger partial charge in [0.1, 0.15) is 5.75 Å². The van der Waals surface area contributed by atoms with Gasteiger partial charge in [-0.25, -0.2) is 8.42 Å². The largest absolute Gasteiger partial charge is 0.481 e. The third-order valence-electron chi connectivity index (χ3n) is 4.89. The summed E-state index contributed by atoms with van der Waals surface area (Å²) in [6, 6.07) is 11.9. The molecule has 1 atom stereocenters. The molecule has 3 rings (SSSR count). The molecular formula is C21H25N3O5S2. The average Bonchev–Trinajstić information content (AvgIpc) is 3.05. The molecule has 0 saturated heterocycles. The van der Waals surface area contributed by atoms with Crippen molar-refractivity contribution in [3.05, 3.63) is 52.1 Å². The lowest BCUT2D eigenvalue weighted by atomic mass is 10.2. The molecule has 8 nitrogen and oxygen atoms in total. The fourth-order valence-corrected chi connectivity index (χ4v) is 4.58. The van der Waals surface area contributed by atoms with Crippen LogP contribution in [0.15, 0.2) is 47.3 Å². The summed E-state index contributed by atoms with van der Waals surface area (Å²) in [5.41, 5.74) is 1.94. The number of amides is 1. The van der Waals surface area contributed by atoms with Gasteiger partial charge in [-0.1, -0.05) is 18.3 Å². The van der Waals surface area contributed by atoms with Crippen LogP contribution < -0.4 is 19.2 Å². The molecule has 0 saturated carbocycles. The number of carbonyl (C=O) groups excluding carboxylic acids is 1. The zero-order valence-corrected chi connectivity index (χ0v) is 19.4. The maximum absolute atomic E-state index is 12.7. The number of carbonyl (C=O) groups is 1. The van der Waals surface area contributed by atoms with Crippen molar-refractivity contribution in [2.45, 2.75) is 32.9 Å². The van der Waals surface area contributed by atoms with E-state index in [1.165, 1.54) is 7.05 Å². The van der Waals surface area contributed by atoms with Gasteiger partial charge in [0.05, 0.1) is 22.2 Å². The summed E-state index contributed by atoms with van der Waals surface area (Å²) in [6.07, 6.45) is 0.842. The summed E-state index contributed by atoms with van der Waals surface area (Å²) in [5.74, 6) is 0.155. The highest BCUT2D eigenvalue weighted by Crippen LogP contribution is 2.24. The molecule has 1 heterocycles. The van der Waals surface area contributed by atoms with E-state index in [0.717, 1.165) is 32.1 Å². The summed E-state index contributed by atoms with van der Waals surface area (Å²) in [6.45, 7) is 4.35. The Morgan fingerprint density at radius 3 is 2.45 bits per heavy atom. The Balaban J connectivity index is 1.72. The summed E-state index contributed by atoms with van der Waals surface area (Å²) in [7, 11) is -1.89. The molecule has 0 fully saturated rings. The van der Waals surface area contributed by atoms with Crippen LogP contribution in [0, 0.1) is 0 Å². The van der Waals surface area contributed by atoms with E-state index in [2.05, 4.69) is 5.32 Å². The number of ether oxygens (including phenoxy) is 1. The van der Waals surface area contributed by atoms with E-state index in [9.17, 15) is 18.0 Å². The standard InChI is InChI=1S/C21H25N3O5S2/c1-5-18(29-16-10-8-15(9-11-16)23(3)31(4,27)28)20(25)22-14-7-12-17-19(13-14)30-21(26)24(17)6-2/h7-13,18H,5-6H2,1-4H3,(H,22,25)/t18-/m0/s1. The Hall–Kier alpha value is -2.85. The molecule has 0 unspecified atom stereocenters. The third kappa shape index (κ3) is 5.08. The number of benzene rings is 2. The van der Waals surface area contributed by atoms with E-state index in [1.807, 2.05) is 19.9 Å². The Morgan fingerprint density at radius 1 is 1.19 bits per heavy atom. The number of sulfonamides is 1. The van der Waals surface area contributed by atoms with E-state index >= 15 is 0 Å². The molecule has 3 aromatic rings. The third-order valence-corrected chi connectivity index (χ3v) is 7.04. The van der Waals surface area contributed by atoms with Crippen LogP contribution in [-0.2, 0) is 21.4 Å². The molecule has 1 amide bonds. The van der Waals surface area contributed by atoms with Gasteiger partial charge < -0.3 is 10.1 Å². The molecule has 0 aliphatic rings. The first-order valence-corrected chi connectivity index (χ1v) is 12.5. The van der Waals surface area contributed by atoms with Crippen molar-refractivity contribution < 1.29 is 17.9 Å². The van der Waals surface area contributed by atoms with Crippen molar-refractivity contribution in [3.8, 4) is 5.75 Å². The smallest absolute Gasteiger partial charge is 0.308 e. The first-order valence-electron chi connectivity index (χ1n) is 9.79. The van der Waals surface area contributed by atoms with E-state index in [1.54, 1.807) is 41.0 Å². The SMILES string of the molecule is CC[C@H](Oc1ccc(N(C)S(C)(=O)=O)cc1)C(=O)Nc1ccc2c(c1)sc(=O)n2CC. The Morgan fingerprint density at radius 2 is 1.87 bits per heavy atom. The van der Waals surface area contributed by atoms with Gasteiger partial charge in [0, 0.05) is 19.3 Å². The predicted octanol–water partition coefficient (Wildman–Crippen LogP) is 3.27. The van der Waals surface area contributed by atoms with Crippen molar-refractivity contribution in [3.63, 3.8) is 0 Å². The normalized spacial score (nSPS) is 12.5. The number of aryl methyl sites for hydroxylation is 1. The molecule has 0 radical (unpaired) electrons. The second-order valence-corrected chi connectivity index (χ2v) is 10.0. The Kier molecular flexibility index (Phi) is 6.71. The molecule has 0 spiro atoms. The maximum Gasteiger partial charge on any atom is 0.308 e. The predicted molar refractivity (Wildman–Crippen MR) is 125 cm³/mol. The molecule has 2 aromatic carbocycles. The van der Waals surface area contributed by atoms with E-state index in [4.69, 9.17) is 4.74 Å². The molecule has 0 bridgehead atoms. The molecule has 0 aliphatic heterocycles. The van der Waals surface area contributed by atoms with Crippen molar-refractivity contribution in [1.29, 1.82) is 0 Å². The van der Waals surface area contributed by atoms with Gasteiger partial charge in [0.2, 0.25) is 10.0 Å². The van der Waals surface area contributed by atoms with Crippen LogP contribution in [-0.4, -0.2) is 38.3 Å². The number of rotatable bonds is 8. The zero-order valence-electron chi connectivity index (χ0n) is 17.8. The highest BCUT2D eigenvalue weighted by atomic mass is 32.2. The maximum atomic E-state index is 12.7. The van der Waals surface area contributed by atoms with Gasteiger partial charge in [0.15, 0.2) is 6.10 Å². The number of nitrogens with one attached hydrogen (secondary N) is 1. The van der Waals surface area contributed by atoms with Crippen molar-refractivity contribution in [1.82, 2.24) is 4.57 Å². The fourth-order valence-electron chi connectivity index (χ4n) is 3.08. The average molecular weight is 464 g/mol. The summed E-state index contributed by atoms with van der Waals surface area (Å²) >= 11 is 1.14. The first kappa shape index (κ1) is 22.8. The van der Waals surface area contributed by atoms with Crippen LogP contribution in [0.3, 0.4) is 0 Å². The minimum atomic E-state index is -3.36. The second-order valence-electron chi connectivity index (χ2n) is 7.02. The summed E-state index contributed by atoms with van der Waals surface area (Å²) in [5, 5.41) is 2.85. The summed E-state index contributed by atoms with van der Waals surface area (Å²) < 4.78 is 32.8. The van der Waals surface area contributed by atoms with E-state index in [0.29, 0.717) is 30.1 Å². The van der Waals surface area contributed by atoms with Crippen LogP contribution in [0.25, 0.3) is 10.2 Å². The van der Waals surface area contributed by atoms with Gasteiger partial charge in [0.25, 0.3) is 5.91 Å². The zero-order chi connectivity index (χ0) is 22.8. The monoisotopic (exact) mass is 463 g/mol. The number of aromatic nitrogens is 1. The molecule has 166 valence electrons. The van der Waals surface area contributed by atoms with Crippen molar-refractivity contribution in [2.75, 3.05) is 22.9 Å². The van der Waals surface area contributed by atoms with Gasteiger partial charge in [-0.2, -0.15) is 0 Å². The number of hydrogen-bond donors (Lipinski definition) is 1.